The van der Waals surface area contributed by atoms with E-state index in [0.29, 0.717) is 23.8 Å². The first-order chi connectivity index (χ1) is 15.2. The van der Waals surface area contributed by atoms with E-state index < -0.39 is 0 Å². The van der Waals surface area contributed by atoms with Crippen LogP contribution in [0.3, 0.4) is 0 Å². The molecular weight excluding hydrogens is 450 g/mol. The fourth-order valence-electron chi connectivity index (χ4n) is 3.50. The van der Waals surface area contributed by atoms with Crippen molar-refractivity contribution in [2.45, 2.75) is 6.92 Å². The molecular formula is C23H28ClN3O4S. The van der Waals surface area contributed by atoms with E-state index in [2.05, 4.69) is 4.90 Å². The molecule has 0 unspecified atom stereocenters. The number of aromatic nitrogens is 1. The van der Waals surface area contributed by atoms with E-state index in [9.17, 15) is 4.79 Å². The molecule has 0 bridgehead atoms. The Morgan fingerprint density at radius 3 is 2.56 bits per heavy atom. The number of anilines is 1. The summed E-state index contributed by atoms with van der Waals surface area (Å²) in [4.78, 5) is 22.3. The number of hydrogen-bond acceptors (Lipinski definition) is 7. The maximum Gasteiger partial charge on any atom is 0.260 e. The van der Waals surface area contributed by atoms with Crippen LogP contribution in [0.2, 0.25) is 0 Å². The summed E-state index contributed by atoms with van der Waals surface area (Å²) < 4.78 is 17.3. The molecule has 0 saturated carbocycles. The van der Waals surface area contributed by atoms with E-state index in [1.54, 1.807) is 12.0 Å². The van der Waals surface area contributed by atoms with Crippen molar-refractivity contribution in [1.82, 2.24) is 9.88 Å². The van der Waals surface area contributed by atoms with Gasteiger partial charge in [-0.05, 0) is 43.3 Å². The van der Waals surface area contributed by atoms with Crippen molar-refractivity contribution in [2.75, 3.05) is 58.0 Å². The smallest absolute Gasteiger partial charge is 0.260 e. The number of hydrogen-bond donors (Lipinski definition) is 0. The van der Waals surface area contributed by atoms with Crippen molar-refractivity contribution in [1.29, 1.82) is 0 Å². The lowest BCUT2D eigenvalue weighted by Gasteiger charge is -2.29. The fourth-order valence-corrected chi connectivity index (χ4v) is 4.47. The molecule has 32 heavy (non-hydrogen) atoms. The molecule has 172 valence electrons. The van der Waals surface area contributed by atoms with Gasteiger partial charge in [0.15, 0.2) is 5.13 Å². The van der Waals surface area contributed by atoms with Gasteiger partial charge in [-0.15, -0.1) is 12.4 Å². The van der Waals surface area contributed by atoms with Crippen LogP contribution in [0.15, 0.2) is 42.5 Å². The number of amides is 1. The Hall–Kier alpha value is -2.39. The predicted molar refractivity (Wildman–Crippen MR) is 130 cm³/mol. The summed E-state index contributed by atoms with van der Waals surface area (Å²) in [6, 6.07) is 13.1. The molecule has 1 aliphatic heterocycles. The topological polar surface area (TPSA) is 64.1 Å². The van der Waals surface area contributed by atoms with Gasteiger partial charge in [-0.2, -0.15) is 0 Å². The van der Waals surface area contributed by atoms with Crippen molar-refractivity contribution < 1.29 is 19.0 Å². The lowest BCUT2D eigenvalue weighted by molar-refractivity contribution is 0.0391. The molecule has 7 nitrogen and oxygen atoms in total. The number of thiazole rings is 1. The van der Waals surface area contributed by atoms with Crippen molar-refractivity contribution in [3.63, 3.8) is 0 Å². The molecule has 0 atom stereocenters. The summed E-state index contributed by atoms with van der Waals surface area (Å²) in [6.45, 7) is 7.07. The highest BCUT2D eigenvalue weighted by Crippen LogP contribution is 2.32. The van der Waals surface area contributed by atoms with Gasteiger partial charge in [0.05, 0.1) is 37.1 Å². The Kier molecular flexibility index (Phi) is 8.69. The summed E-state index contributed by atoms with van der Waals surface area (Å²) in [7, 11) is 1.64. The molecule has 0 spiro atoms. The Labute approximate surface area is 198 Å². The fraction of sp³-hybridized carbons (Fsp3) is 0.391. The summed E-state index contributed by atoms with van der Waals surface area (Å²) in [5, 5.41) is 0.690. The van der Waals surface area contributed by atoms with Crippen LogP contribution >= 0.6 is 23.7 Å². The van der Waals surface area contributed by atoms with Gasteiger partial charge >= 0.3 is 0 Å². The van der Waals surface area contributed by atoms with E-state index in [0.717, 1.165) is 54.6 Å². The molecule has 1 fully saturated rings. The molecule has 0 aliphatic carbocycles. The number of carbonyl (C=O) groups is 1. The van der Waals surface area contributed by atoms with Gasteiger partial charge in [0, 0.05) is 37.8 Å². The molecule has 1 amide bonds. The normalized spacial score (nSPS) is 14.1. The van der Waals surface area contributed by atoms with Crippen LogP contribution in [-0.2, 0) is 4.74 Å². The molecule has 1 aliphatic rings. The Balaban J connectivity index is 0.00000289. The zero-order valence-corrected chi connectivity index (χ0v) is 19.9. The number of methoxy groups -OCH3 is 1. The monoisotopic (exact) mass is 477 g/mol. The van der Waals surface area contributed by atoms with E-state index in [4.69, 9.17) is 19.2 Å². The van der Waals surface area contributed by atoms with Crippen molar-refractivity contribution >= 4 is 45.0 Å². The standard InChI is InChI=1S/C23H27N3O4S.ClH/c1-3-30-18-6-4-17(5-7-18)22(27)26(11-10-25-12-14-29-15-13-25)23-24-20-16-19(28-2)8-9-21(20)31-23;/h4-9,16H,3,10-15H2,1-2H3;1H. The van der Waals surface area contributed by atoms with Gasteiger partial charge < -0.3 is 14.2 Å². The molecule has 2 heterocycles. The highest BCUT2D eigenvalue weighted by Gasteiger charge is 2.23. The van der Waals surface area contributed by atoms with Gasteiger partial charge in [-0.25, -0.2) is 4.98 Å². The van der Waals surface area contributed by atoms with E-state index in [1.165, 1.54) is 11.3 Å². The maximum atomic E-state index is 13.5. The second-order valence-electron chi connectivity index (χ2n) is 7.20. The van der Waals surface area contributed by atoms with Crippen LogP contribution in [0.1, 0.15) is 17.3 Å². The van der Waals surface area contributed by atoms with Crippen LogP contribution in [0.25, 0.3) is 10.2 Å². The molecule has 1 aromatic heterocycles. The van der Waals surface area contributed by atoms with Crippen molar-refractivity contribution in [2.24, 2.45) is 0 Å². The number of morpholine rings is 1. The average molecular weight is 478 g/mol. The van der Waals surface area contributed by atoms with Gasteiger partial charge in [0.25, 0.3) is 5.91 Å². The molecule has 3 aromatic rings. The molecule has 4 rings (SSSR count). The minimum absolute atomic E-state index is 0. The first-order valence-corrected chi connectivity index (χ1v) is 11.3. The second kappa shape index (κ2) is 11.5. The summed E-state index contributed by atoms with van der Waals surface area (Å²) in [5.74, 6) is 1.44. The minimum atomic E-state index is -0.0673. The van der Waals surface area contributed by atoms with Crippen LogP contribution in [-0.4, -0.2) is 68.9 Å². The van der Waals surface area contributed by atoms with Gasteiger partial charge in [0.1, 0.15) is 11.5 Å². The van der Waals surface area contributed by atoms with Crippen LogP contribution in [0, 0.1) is 0 Å². The Morgan fingerprint density at radius 2 is 1.88 bits per heavy atom. The predicted octanol–water partition coefficient (Wildman–Crippen LogP) is 4.10. The first-order valence-electron chi connectivity index (χ1n) is 10.5. The van der Waals surface area contributed by atoms with E-state index in [1.807, 2.05) is 49.4 Å². The maximum absolute atomic E-state index is 13.5. The number of rotatable bonds is 8. The van der Waals surface area contributed by atoms with Crippen LogP contribution < -0.4 is 14.4 Å². The van der Waals surface area contributed by atoms with Crippen LogP contribution in [0.4, 0.5) is 5.13 Å². The van der Waals surface area contributed by atoms with Crippen molar-refractivity contribution in [3.05, 3.63) is 48.0 Å². The van der Waals surface area contributed by atoms with E-state index in [-0.39, 0.29) is 18.3 Å². The first kappa shape index (κ1) is 24.3. The van der Waals surface area contributed by atoms with Gasteiger partial charge in [-0.3, -0.25) is 14.6 Å². The van der Waals surface area contributed by atoms with Gasteiger partial charge in [0.2, 0.25) is 0 Å². The third kappa shape index (κ3) is 5.69. The largest absolute Gasteiger partial charge is 0.497 e. The number of nitrogens with zero attached hydrogens (tertiary/aromatic N) is 3. The number of ether oxygens (including phenoxy) is 3. The molecule has 1 saturated heterocycles. The zero-order valence-electron chi connectivity index (χ0n) is 18.3. The van der Waals surface area contributed by atoms with Crippen LogP contribution in [0.5, 0.6) is 11.5 Å². The summed E-state index contributed by atoms with van der Waals surface area (Å²) in [6.07, 6.45) is 0. The molecule has 9 heteroatoms. The third-order valence-electron chi connectivity index (χ3n) is 5.22. The molecule has 0 radical (unpaired) electrons. The van der Waals surface area contributed by atoms with E-state index >= 15 is 0 Å². The highest BCUT2D eigenvalue weighted by atomic mass is 35.5. The third-order valence-corrected chi connectivity index (χ3v) is 6.27. The Bertz CT molecular complexity index is 1020. The van der Waals surface area contributed by atoms with Gasteiger partial charge in [-0.1, -0.05) is 11.3 Å². The minimum Gasteiger partial charge on any atom is -0.497 e. The second-order valence-corrected chi connectivity index (χ2v) is 8.21. The molecule has 0 N–H and O–H groups in total. The number of benzene rings is 2. The highest BCUT2D eigenvalue weighted by molar-refractivity contribution is 7.22. The number of fused-ring (bicyclic) bond motifs is 1. The summed E-state index contributed by atoms with van der Waals surface area (Å²) in [5.41, 5.74) is 1.44. The Morgan fingerprint density at radius 1 is 1.16 bits per heavy atom. The SMILES string of the molecule is CCOc1ccc(C(=O)N(CCN2CCOCC2)c2nc3cc(OC)ccc3s2)cc1.Cl. The number of carbonyl (C=O) groups excluding carboxylic acids is 1. The lowest BCUT2D eigenvalue weighted by Crippen LogP contribution is -2.43. The summed E-state index contributed by atoms with van der Waals surface area (Å²) >= 11 is 1.52. The van der Waals surface area contributed by atoms with Crippen molar-refractivity contribution in [3.8, 4) is 11.5 Å². The lowest BCUT2D eigenvalue weighted by atomic mass is 10.2. The zero-order chi connectivity index (χ0) is 21.6. The average Bonchev–Trinajstić information content (AvgIpc) is 3.23. The quantitative estimate of drug-likeness (QED) is 0.486. The number of halogens is 1. The molecule has 2 aromatic carbocycles.